The van der Waals surface area contributed by atoms with Crippen LogP contribution >= 0.6 is 0 Å². The molecule has 0 aromatic heterocycles. The Morgan fingerprint density at radius 1 is 1.18 bits per heavy atom. The zero-order valence-electron chi connectivity index (χ0n) is 18.4. The Morgan fingerprint density at radius 2 is 1.94 bits per heavy atom. The van der Waals surface area contributed by atoms with Crippen LogP contribution in [0.2, 0.25) is 0 Å². The van der Waals surface area contributed by atoms with E-state index < -0.39 is 16.0 Å². The quantitative estimate of drug-likeness (QED) is 0.596. The fourth-order valence-electron chi connectivity index (χ4n) is 4.88. The topological polar surface area (TPSA) is 116 Å². The second kappa shape index (κ2) is 7.77. The average molecular weight is 467 g/mol. The SMILES string of the molecule is Cc1cc(OC2CCC3(CC3)C2)c(NS(=O)(=O)c2cc(C(=O)O)ccc2C2CC2)cc1C#N. The normalized spacial score (nSPS) is 20.9. The first kappa shape index (κ1) is 21.8. The molecule has 2 N–H and O–H groups in total. The van der Waals surface area contributed by atoms with Gasteiger partial charge in [0.2, 0.25) is 0 Å². The molecule has 3 aliphatic rings. The second-order valence-corrected chi connectivity index (χ2v) is 11.3. The van der Waals surface area contributed by atoms with Crippen LogP contribution in [-0.4, -0.2) is 25.6 Å². The summed E-state index contributed by atoms with van der Waals surface area (Å²) in [7, 11) is -4.11. The second-order valence-electron chi connectivity index (χ2n) is 9.70. The van der Waals surface area contributed by atoms with Crippen LogP contribution in [0.4, 0.5) is 5.69 Å². The van der Waals surface area contributed by atoms with Crippen molar-refractivity contribution >= 4 is 21.7 Å². The summed E-state index contributed by atoms with van der Waals surface area (Å²) >= 11 is 0. The van der Waals surface area contributed by atoms with Crippen molar-refractivity contribution in [1.82, 2.24) is 0 Å². The van der Waals surface area contributed by atoms with E-state index in [0.29, 0.717) is 27.9 Å². The Hall–Kier alpha value is -3.05. The number of nitrogens with one attached hydrogen (secondary N) is 1. The van der Waals surface area contributed by atoms with Crippen LogP contribution in [0.5, 0.6) is 5.75 Å². The molecule has 1 spiro atoms. The molecular weight excluding hydrogens is 440 g/mol. The van der Waals surface area contributed by atoms with Gasteiger partial charge >= 0.3 is 5.97 Å². The first-order chi connectivity index (χ1) is 15.7. The zero-order chi connectivity index (χ0) is 23.4. The van der Waals surface area contributed by atoms with Gasteiger partial charge in [-0.05, 0) is 98.6 Å². The third-order valence-corrected chi connectivity index (χ3v) is 8.59. The molecule has 5 rings (SSSR count). The molecule has 3 fully saturated rings. The van der Waals surface area contributed by atoms with Crippen LogP contribution in [0.25, 0.3) is 0 Å². The van der Waals surface area contributed by atoms with E-state index in [1.54, 1.807) is 19.1 Å². The molecular formula is C25H26N2O5S. The lowest BCUT2D eigenvalue weighted by Crippen LogP contribution is -2.19. The van der Waals surface area contributed by atoms with Gasteiger partial charge in [-0.2, -0.15) is 5.26 Å². The third kappa shape index (κ3) is 4.30. The highest BCUT2D eigenvalue weighted by molar-refractivity contribution is 7.92. The van der Waals surface area contributed by atoms with Crippen LogP contribution in [-0.2, 0) is 10.0 Å². The van der Waals surface area contributed by atoms with E-state index in [0.717, 1.165) is 32.1 Å². The van der Waals surface area contributed by atoms with E-state index in [-0.39, 0.29) is 28.2 Å². The summed E-state index contributed by atoms with van der Waals surface area (Å²) in [4.78, 5) is 11.5. The minimum absolute atomic E-state index is 0.0143. The monoisotopic (exact) mass is 466 g/mol. The first-order valence-electron chi connectivity index (χ1n) is 11.3. The van der Waals surface area contributed by atoms with Gasteiger partial charge in [-0.3, -0.25) is 4.72 Å². The Bertz CT molecular complexity index is 1290. The smallest absolute Gasteiger partial charge is 0.335 e. The fraction of sp³-hybridized carbons (Fsp3) is 0.440. The molecule has 0 radical (unpaired) electrons. The van der Waals surface area contributed by atoms with E-state index >= 15 is 0 Å². The Morgan fingerprint density at radius 3 is 2.55 bits per heavy atom. The van der Waals surface area contributed by atoms with Crippen LogP contribution < -0.4 is 9.46 Å². The molecule has 0 aliphatic heterocycles. The molecule has 2 aromatic carbocycles. The number of ether oxygens (including phenoxy) is 1. The molecule has 172 valence electrons. The number of aryl methyl sites for hydroxylation is 1. The predicted octanol–water partition coefficient (Wildman–Crippen LogP) is 4.95. The highest BCUT2D eigenvalue weighted by Gasteiger charge is 2.49. The number of nitriles is 1. The summed E-state index contributed by atoms with van der Waals surface area (Å²) in [5.41, 5.74) is 2.21. The number of nitrogens with zero attached hydrogens (tertiary/aromatic N) is 1. The molecule has 8 heteroatoms. The Balaban J connectivity index is 1.51. The van der Waals surface area contributed by atoms with Crippen molar-refractivity contribution in [3.05, 3.63) is 52.6 Å². The summed E-state index contributed by atoms with van der Waals surface area (Å²) in [6, 6.07) is 9.56. The van der Waals surface area contributed by atoms with Gasteiger partial charge in [-0.1, -0.05) is 6.07 Å². The minimum atomic E-state index is -4.11. The highest BCUT2D eigenvalue weighted by Crippen LogP contribution is 2.58. The molecule has 33 heavy (non-hydrogen) atoms. The van der Waals surface area contributed by atoms with E-state index in [2.05, 4.69) is 10.8 Å². The van der Waals surface area contributed by atoms with Crippen LogP contribution in [0.15, 0.2) is 35.2 Å². The molecule has 2 aromatic rings. The molecule has 3 saturated carbocycles. The van der Waals surface area contributed by atoms with E-state index in [4.69, 9.17) is 4.74 Å². The summed E-state index contributed by atoms with van der Waals surface area (Å²) in [6.45, 7) is 1.79. The predicted molar refractivity (Wildman–Crippen MR) is 122 cm³/mol. The number of carboxylic acid groups (broad SMARTS) is 1. The standard InChI is InChI=1S/C25H26N2O5S/c1-15-10-22(32-19-6-7-25(13-19)8-9-25)21(11-18(15)14-26)27-33(30,31)23-12-17(24(28)29)4-5-20(23)16-2-3-16/h4-5,10-12,16,19,27H,2-3,6-9,13H2,1H3,(H,28,29). The van der Waals surface area contributed by atoms with Crippen molar-refractivity contribution in [2.45, 2.75) is 68.8 Å². The van der Waals surface area contributed by atoms with E-state index in [1.165, 1.54) is 31.0 Å². The fourth-order valence-corrected chi connectivity index (χ4v) is 6.26. The van der Waals surface area contributed by atoms with Gasteiger partial charge in [-0.25, -0.2) is 13.2 Å². The number of aromatic carboxylic acids is 1. The number of benzene rings is 2. The van der Waals surface area contributed by atoms with Gasteiger partial charge in [0.05, 0.1) is 33.9 Å². The maximum absolute atomic E-state index is 13.5. The first-order valence-corrected chi connectivity index (χ1v) is 12.8. The van der Waals surface area contributed by atoms with Crippen LogP contribution in [0.1, 0.15) is 77.9 Å². The van der Waals surface area contributed by atoms with Gasteiger partial charge in [0.25, 0.3) is 10.0 Å². The maximum Gasteiger partial charge on any atom is 0.335 e. The van der Waals surface area contributed by atoms with Crippen molar-refractivity contribution in [1.29, 1.82) is 5.26 Å². The number of carbonyl (C=O) groups is 1. The maximum atomic E-state index is 13.5. The number of anilines is 1. The lowest BCUT2D eigenvalue weighted by atomic mass is 10.1. The van der Waals surface area contributed by atoms with Crippen molar-refractivity contribution < 1.29 is 23.1 Å². The van der Waals surface area contributed by atoms with Crippen molar-refractivity contribution in [2.24, 2.45) is 5.41 Å². The average Bonchev–Trinajstić information content (AvgIpc) is 3.69. The van der Waals surface area contributed by atoms with Crippen LogP contribution in [0, 0.1) is 23.7 Å². The summed E-state index contributed by atoms with van der Waals surface area (Å²) < 4.78 is 35.8. The molecule has 0 bridgehead atoms. The lowest BCUT2D eigenvalue weighted by molar-refractivity contribution is 0.0696. The summed E-state index contributed by atoms with van der Waals surface area (Å²) in [6.07, 6.45) is 7.22. The van der Waals surface area contributed by atoms with Crippen molar-refractivity contribution in [3.63, 3.8) is 0 Å². The number of hydrogen-bond donors (Lipinski definition) is 2. The molecule has 3 aliphatic carbocycles. The van der Waals surface area contributed by atoms with E-state index in [1.807, 2.05) is 0 Å². The number of carboxylic acids is 1. The molecule has 0 saturated heterocycles. The largest absolute Gasteiger partial charge is 0.488 e. The van der Waals surface area contributed by atoms with Gasteiger partial charge in [0.1, 0.15) is 5.75 Å². The zero-order valence-corrected chi connectivity index (χ0v) is 19.2. The van der Waals surface area contributed by atoms with Gasteiger partial charge in [-0.15, -0.1) is 0 Å². The number of hydrogen-bond acceptors (Lipinski definition) is 5. The Kier molecular flexibility index (Phi) is 5.13. The van der Waals surface area contributed by atoms with Crippen molar-refractivity contribution in [2.75, 3.05) is 4.72 Å². The van der Waals surface area contributed by atoms with Crippen LogP contribution in [0.3, 0.4) is 0 Å². The minimum Gasteiger partial charge on any atom is -0.488 e. The third-order valence-electron chi connectivity index (χ3n) is 7.17. The number of rotatable bonds is 7. The van der Waals surface area contributed by atoms with E-state index in [9.17, 15) is 23.6 Å². The van der Waals surface area contributed by atoms with Crippen molar-refractivity contribution in [3.8, 4) is 11.8 Å². The summed E-state index contributed by atoms with van der Waals surface area (Å²) in [5.74, 6) is -0.675. The molecule has 0 amide bonds. The Labute approximate surface area is 193 Å². The molecule has 1 atom stereocenters. The van der Waals surface area contributed by atoms with Gasteiger partial charge in [0, 0.05) is 0 Å². The highest BCUT2D eigenvalue weighted by atomic mass is 32.2. The van der Waals surface area contributed by atoms with Gasteiger partial charge in [0.15, 0.2) is 0 Å². The van der Waals surface area contributed by atoms with Gasteiger partial charge < -0.3 is 9.84 Å². The molecule has 1 unspecified atom stereocenters. The summed E-state index contributed by atoms with van der Waals surface area (Å²) in [5, 5.41) is 18.9. The molecule has 0 heterocycles. The lowest BCUT2D eigenvalue weighted by Gasteiger charge is -2.20. The number of sulfonamides is 1. The molecule has 7 nitrogen and oxygen atoms in total.